The SMILES string of the molecule is CCC1C(CC=CC(C)C)CC(C(C)C(C)C)C1CC. The molecule has 0 N–H and O–H groups in total. The second-order valence-corrected chi connectivity index (χ2v) is 7.81. The summed E-state index contributed by atoms with van der Waals surface area (Å²) < 4.78 is 0. The summed E-state index contributed by atoms with van der Waals surface area (Å²) in [5, 5.41) is 0. The summed E-state index contributed by atoms with van der Waals surface area (Å²) in [7, 11) is 0. The van der Waals surface area contributed by atoms with Crippen molar-refractivity contribution >= 4 is 0 Å². The minimum atomic E-state index is 0.698. The normalized spacial score (nSPS) is 32.6. The fourth-order valence-corrected chi connectivity index (χ4v) is 4.50. The van der Waals surface area contributed by atoms with Crippen LogP contribution in [0.5, 0.6) is 0 Å². The highest BCUT2D eigenvalue weighted by atomic mass is 14.5. The molecule has 0 spiro atoms. The first-order valence-corrected chi connectivity index (χ1v) is 9.08. The molecule has 5 unspecified atom stereocenters. The van der Waals surface area contributed by atoms with Crippen LogP contribution in [0.4, 0.5) is 0 Å². The van der Waals surface area contributed by atoms with Crippen molar-refractivity contribution in [3.05, 3.63) is 12.2 Å². The fourth-order valence-electron chi connectivity index (χ4n) is 4.50. The lowest BCUT2D eigenvalue weighted by molar-refractivity contribution is 0.188. The van der Waals surface area contributed by atoms with Crippen molar-refractivity contribution < 1.29 is 0 Å². The molecule has 1 saturated carbocycles. The van der Waals surface area contributed by atoms with Crippen molar-refractivity contribution in [1.29, 1.82) is 0 Å². The lowest BCUT2D eigenvalue weighted by Gasteiger charge is -2.30. The molecule has 0 radical (unpaired) electrons. The van der Waals surface area contributed by atoms with Gasteiger partial charge in [0.2, 0.25) is 0 Å². The van der Waals surface area contributed by atoms with Crippen molar-refractivity contribution in [2.75, 3.05) is 0 Å². The molecule has 0 saturated heterocycles. The van der Waals surface area contributed by atoms with Crippen LogP contribution < -0.4 is 0 Å². The summed E-state index contributed by atoms with van der Waals surface area (Å²) in [5.41, 5.74) is 0. The van der Waals surface area contributed by atoms with Crippen LogP contribution in [0.15, 0.2) is 12.2 Å². The Labute approximate surface area is 128 Å². The molecule has 0 nitrogen and oxygen atoms in total. The Morgan fingerprint density at radius 3 is 2.00 bits per heavy atom. The van der Waals surface area contributed by atoms with E-state index in [4.69, 9.17) is 0 Å². The monoisotopic (exact) mass is 278 g/mol. The van der Waals surface area contributed by atoms with E-state index < -0.39 is 0 Å². The van der Waals surface area contributed by atoms with E-state index in [1.807, 2.05) is 0 Å². The zero-order valence-electron chi connectivity index (χ0n) is 15.0. The minimum Gasteiger partial charge on any atom is -0.0880 e. The first-order valence-electron chi connectivity index (χ1n) is 9.08. The lowest BCUT2D eigenvalue weighted by atomic mass is 9.75. The van der Waals surface area contributed by atoms with Crippen molar-refractivity contribution in [2.24, 2.45) is 41.4 Å². The van der Waals surface area contributed by atoms with Crippen molar-refractivity contribution in [1.82, 2.24) is 0 Å². The van der Waals surface area contributed by atoms with Gasteiger partial charge in [-0.2, -0.15) is 0 Å². The Morgan fingerprint density at radius 2 is 1.55 bits per heavy atom. The maximum Gasteiger partial charge on any atom is -0.0290 e. The van der Waals surface area contributed by atoms with Crippen molar-refractivity contribution in [2.45, 2.75) is 74.1 Å². The van der Waals surface area contributed by atoms with Crippen LogP contribution in [-0.2, 0) is 0 Å². The maximum atomic E-state index is 2.50. The summed E-state index contributed by atoms with van der Waals surface area (Å²) in [4.78, 5) is 0. The van der Waals surface area contributed by atoms with Gasteiger partial charge < -0.3 is 0 Å². The van der Waals surface area contributed by atoms with Gasteiger partial charge in [-0.05, 0) is 54.3 Å². The van der Waals surface area contributed by atoms with Crippen molar-refractivity contribution in [3.8, 4) is 0 Å². The molecule has 0 aromatic heterocycles. The topological polar surface area (TPSA) is 0 Å². The van der Waals surface area contributed by atoms with Crippen LogP contribution >= 0.6 is 0 Å². The van der Waals surface area contributed by atoms with E-state index in [1.165, 1.54) is 25.7 Å². The van der Waals surface area contributed by atoms with Gasteiger partial charge in [0, 0.05) is 0 Å². The van der Waals surface area contributed by atoms with Crippen LogP contribution in [0.1, 0.15) is 74.1 Å². The molecule has 118 valence electrons. The fraction of sp³-hybridized carbons (Fsp3) is 0.900. The van der Waals surface area contributed by atoms with Gasteiger partial charge in [-0.25, -0.2) is 0 Å². The highest BCUT2D eigenvalue weighted by Crippen LogP contribution is 2.50. The van der Waals surface area contributed by atoms with Crippen LogP contribution in [0, 0.1) is 41.4 Å². The van der Waals surface area contributed by atoms with Crippen LogP contribution in [0.3, 0.4) is 0 Å². The van der Waals surface area contributed by atoms with E-state index in [2.05, 4.69) is 60.6 Å². The summed E-state index contributed by atoms with van der Waals surface area (Å²) in [6.07, 6.45) is 10.4. The smallest absolute Gasteiger partial charge is 0.0290 e. The molecule has 20 heavy (non-hydrogen) atoms. The number of allylic oxidation sites excluding steroid dienone is 2. The Morgan fingerprint density at radius 1 is 0.950 bits per heavy atom. The molecule has 0 aromatic rings. The standard InChI is InChI=1S/C20H38/c1-8-18-17(12-10-11-14(3)4)13-20(19(18)9-2)16(7)15(5)6/h10-11,14-20H,8-9,12-13H2,1-7H3. The quantitative estimate of drug-likeness (QED) is 0.462. The molecule has 0 aromatic carbocycles. The Bertz CT molecular complexity index is 286. The predicted molar refractivity (Wildman–Crippen MR) is 91.8 cm³/mol. The average Bonchev–Trinajstić information content (AvgIpc) is 2.74. The van der Waals surface area contributed by atoms with E-state index in [0.717, 1.165) is 35.5 Å². The van der Waals surface area contributed by atoms with Gasteiger partial charge in [-0.3, -0.25) is 0 Å². The summed E-state index contributed by atoms with van der Waals surface area (Å²) in [6, 6.07) is 0. The zero-order chi connectivity index (χ0) is 15.3. The van der Waals surface area contributed by atoms with Crippen LogP contribution in [0.25, 0.3) is 0 Å². The molecule has 1 aliphatic carbocycles. The van der Waals surface area contributed by atoms with Gasteiger partial charge in [0.1, 0.15) is 0 Å². The molecular formula is C20H38. The molecule has 0 aliphatic heterocycles. The Hall–Kier alpha value is -0.260. The molecule has 0 bridgehead atoms. The number of hydrogen-bond acceptors (Lipinski definition) is 0. The molecule has 1 rings (SSSR count). The molecule has 5 atom stereocenters. The van der Waals surface area contributed by atoms with Gasteiger partial charge in [0.25, 0.3) is 0 Å². The van der Waals surface area contributed by atoms with Gasteiger partial charge in [0.15, 0.2) is 0 Å². The summed E-state index contributed by atoms with van der Waals surface area (Å²) in [5.74, 6) is 6.24. The third-order valence-electron chi connectivity index (χ3n) is 5.91. The van der Waals surface area contributed by atoms with E-state index in [9.17, 15) is 0 Å². The first-order chi connectivity index (χ1) is 9.42. The highest BCUT2D eigenvalue weighted by molar-refractivity contribution is 4.96. The van der Waals surface area contributed by atoms with E-state index in [-0.39, 0.29) is 0 Å². The molecule has 0 heterocycles. The Balaban J connectivity index is 2.76. The van der Waals surface area contributed by atoms with Crippen LogP contribution in [0.2, 0.25) is 0 Å². The molecule has 1 aliphatic rings. The molecular weight excluding hydrogens is 240 g/mol. The number of rotatable bonds is 7. The predicted octanol–water partition coefficient (Wildman–Crippen LogP) is 6.57. The van der Waals surface area contributed by atoms with E-state index >= 15 is 0 Å². The maximum absolute atomic E-state index is 2.50. The average molecular weight is 279 g/mol. The largest absolute Gasteiger partial charge is 0.0880 e. The number of hydrogen-bond donors (Lipinski definition) is 0. The zero-order valence-corrected chi connectivity index (χ0v) is 15.0. The third kappa shape index (κ3) is 4.37. The lowest BCUT2D eigenvalue weighted by Crippen LogP contribution is -2.23. The van der Waals surface area contributed by atoms with Gasteiger partial charge in [-0.1, -0.05) is 73.5 Å². The summed E-state index contributed by atoms with van der Waals surface area (Å²) in [6.45, 7) is 16.7. The molecule has 0 heteroatoms. The second-order valence-electron chi connectivity index (χ2n) is 7.81. The van der Waals surface area contributed by atoms with E-state index in [0.29, 0.717) is 5.92 Å². The van der Waals surface area contributed by atoms with Crippen molar-refractivity contribution in [3.63, 3.8) is 0 Å². The second kappa shape index (κ2) is 8.25. The van der Waals surface area contributed by atoms with Gasteiger partial charge in [-0.15, -0.1) is 0 Å². The highest BCUT2D eigenvalue weighted by Gasteiger charge is 2.42. The Kier molecular flexibility index (Phi) is 7.34. The summed E-state index contributed by atoms with van der Waals surface area (Å²) >= 11 is 0. The molecule has 0 amide bonds. The minimum absolute atomic E-state index is 0.698. The third-order valence-corrected chi connectivity index (χ3v) is 5.91. The van der Waals surface area contributed by atoms with Gasteiger partial charge >= 0.3 is 0 Å². The molecule has 1 fully saturated rings. The van der Waals surface area contributed by atoms with Gasteiger partial charge in [0.05, 0.1) is 0 Å². The first kappa shape index (κ1) is 17.8. The van der Waals surface area contributed by atoms with Crippen LogP contribution in [-0.4, -0.2) is 0 Å². The van der Waals surface area contributed by atoms with E-state index in [1.54, 1.807) is 0 Å².